The van der Waals surface area contributed by atoms with Crippen LogP contribution in [0.1, 0.15) is 44.6 Å². The van der Waals surface area contributed by atoms with E-state index in [2.05, 4.69) is 41.4 Å². The fourth-order valence-corrected chi connectivity index (χ4v) is 3.22. The maximum atomic E-state index is 3.69. The Morgan fingerprint density at radius 1 is 1.16 bits per heavy atom. The molecule has 1 saturated heterocycles. The highest BCUT2D eigenvalue weighted by atomic mass is 15.1. The van der Waals surface area contributed by atoms with Crippen molar-refractivity contribution < 1.29 is 0 Å². The molecule has 2 nitrogen and oxygen atoms in total. The van der Waals surface area contributed by atoms with E-state index in [9.17, 15) is 0 Å². The van der Waals surface area contributed by atoms with Gasteiger partial charge in [0.05, 0.1) is 0 Å². The number of benzene rings is 1. The Kier molecular flexibility index (Phi) is 3.79. The van der Waals surface area contributed by atoms with Crippen molar-refractivity contribution in [1.29, 1.82) is 0 Å². The van der Waals surface area contributed by atoms with Crippen LogP contribution in [0.25, 0.3) is 0 Å². The van der Waals surface area contributed by atoms with Crippen molar-refractivity contribution >= 4 is 5.69 Å². The molecular formula is C17H26N2. The Morgan fingerprint density at radius 3 is 2.58 bits per heavy atom. The summed E-state index contributed by atoms with van der Waals surface area (Å²) in [7, 11) is 0. The summed E-state index contributed by atoms with van der Waals surface area (Å²) >= 11 is 0. The predicted molar refractivity (Wildman–Crippen MR) is 81.6 cm³/mol. The highest BCUT2D eigenvalue weighted by Crippen LogP contribution is 2.47. The van der Waals surface area contributed by atoms with Gasteiger partial charge < -0.3 is 10.2 Å². The van der Waals surface area contributed by atoms with Gasteiger partial charge in [0.25, 0.3) is 0 Å². The zero-order valence-electron chi connectivity index (χ0n) is 12.1. The first-order chi connectivity index (χ1) is 9.33. The van der Waals surface area contributed by atoms with Gasteiger partial charge >= 0.3 is 0 Å². The van der Waals surface area contributed by atoms with E-state index < -0.39 is 0 Å². The van der Waals surface area contributed by atoms with Crippen molar-refractivity contribution in [2.75, 3.05) is 24.5 Å². The molecule has 2 aliphatic rings. The molecule has 0 atom stereocenters. The third-order valence-electron chi connectivity index (χ3n) is 4.96. The number of para-hydroxylation sites is 1. The van der Waals surface area contributed by atoms with Crippen LogP contribution in [0.5, 0.6) is 0 Å². The second-order valence-electron chi connectivity index (χ2n) is 6.28. The molecule has 1 heterocycles. The van der Waals surface area contributed by atoms with Crippen molar-refractivity contribution in [3.63, 3.8) is 0 Å². The Labute approximate surface area is 117 Å². The van der Waals surface area contributed by atoms with Crippen molar-refractivity contribution in [1.82, 2.24) is 5.32 Å². The second kappa shape index (κ2) is 5.54. The average Bonchev–Trinajstić information content (AvgIpc) is 3.02. The van der Waals surface area contributed by atoms with Crippen LogP contribution >= 0.6 is 0 Å². The zero-order chi connectivity index (χ0) is 13.1. The maximum Gasteiger partial charge on any atom is 0.0411 e. The minimum Gasteiger partial charge on any atom is -0.371 e. The summed E-state index contributed by atoms with van der Waals surface area (Å²) in [6, 6.07) is 8.91. The molecule has 1 saturated carbocycles. The number of nitrogens with zero attached hydrogens (tertiary/aromatic N) is 1. The molecule has 1 aromatic rings. The summed E-state index contributed by atoms with van der Waals surface area (Å²) in [5.41, 5.74) is 3.56. The van der Waals surface area contributed by atoms with Gasteiger partial charge in [-0.15, -0.1) is 0 Å². The molecular weight excluding hydrogens is 232 g/mol. The van der Waals surface area contributed by atoms with Crippen molar-refractivity contribution in [3.8, 4) is 0 Å². The van der Waals surface area contributed by atoms with Gasteiger partial charge in [0, 0.05) is 31.9 Å². The molecule has 0 aromatic heterocycles. The van der Waals surface area contributed by atoms with Gasteiger partial charge in [0.1, 0.15) is 0 Å². The lowest BCUT2D eigenvalue weighted by Gasteiger charge is -2.22. The van der Waals surface area contributed by atoms with Gasteiger partial charge in [-0.25, -0.2) is 0 Å². The quantitative estimate of drug-likeness (QED) is 0.839. The van der Waals surface area contributed by atoms with Crippen LogP contribution in [0, 0.1) is 5.41 Å². The highest BCUT2D eigenvalue weighted by molar-refractivity contribution is 5.54. The summed E-state index contributed by atoms with van der Waals surface area (Å²) in [5, 5.41) is 3.69. The van der Waals surface area contributed by atoms with Crippen LogP contribution in [0.4, 0.5) is 5.69 Å². The van der Waals surface area contributed by atoms with Crippen LogP contribution in [0.3, 0.4) is 0 Å². The van der Waals surface area contributed by atoms with E-state index >= 15 is 0 Å². The SMILES string of the molecule is CCC1(CNCc2ccccc2N2CCCC2)CC1. The summed E-state index contributed by atoms with van der Waals surface area (Å²) < 4.78 is 0. The molecule has 0 amide bonds. The Balaban J connectivity index is 1.60. The number of hydrogen-bond acceptors (Lipinski definition) is 2. The molecule has 0 radical (unpaired) electrons. The first-order valence-corrected chi connectivity index (χ1v) is 7.87. The first kappa shape index (κ1) is 13.0. The topological polar surface area (TPSA) is 15.3 Å². The molecule has 0 bridgehead atoms. The molecule has 2 heteroatoms. The van der Waals surface area contributed by atoms with E-state index in [4.69, 9.17) is 0 Å². The molecule has 1 aliphatic carbocycles. The number of anilines is 1. The molecule has 1 aromatic carbocycles. The number of hydrogen-bond donors (Lipinski definition) is 1. The normalized spacial score (nSPS) is 20.8. The minimum atomic E-state index is 0.641. The Morgan fingerprint density at radius 2 is 1.89 bits per heavy atom. The van der Waals surface area contributed by atoms with Gasteiger partial charge in [0.15, 0.2) is 0 Å². The minimum absolute atomic E-state index is 0.641. The molecule has 19 heavy (non-hydrogen) atoms. The van der Waals surface area contributed by atoms with Crippen LogP contribution in [0.15, 0.2) is 24.3 Å². The van der Waals surface area contributed by atoms with E-state index in [1.807, 2.05) is 0 Å². The van der Waals surface area contributed by atoms with Gasteiger partial charge in [-0.3, -0.25) is 0 Å². The lowest BCUT2D eigenvalue weighted by Crippen LogP contribution is -2.25. The monoisotopic (exact) mass is 258 g/mol. The molecule has 1 aliphatic heterocycles. The van der Waals surface area contributed by atoms with Gasteiger partial charge in [0.2, 0.25) is 0 Å². The lowest BCUT2D eigenvalue weighted by molar-refractivity contribution is 0.443. The van der Waals surface area contributed by atoms with E-state index in [1.165, 1.54) is 63.0 Å². The summed E-state index contributed by atoms with van der Waals surface area (Å²) in [6.45, 7) is 7.00. The van der Waals surface area contributed by atoms with Crippen LogP contribution < -0.4 is 10.2 Å². The summed E-state index contributed by atoms with van der Waals surface area (Å²) in [5.74, 6) is 0. The maximum absolute atomic E-state index is 3.69. The average molecular weight is 258 g/mol. The van der Waals surface area contributed by atoms with Crippen molar-refractivity contribution in [3.05, 3.63) is 29.8 Å². The van der Waals surface area contributed by atoms with E-state index in [0.29, 0.717) is 5.41 Å². The Hall–Kier alpha value is -1.02. The molecule has 0 unspecified atom stereocenters. The van der Waals surface area contributed by atoms with Gasteiger partial charge in [-0.1, -0.05) is 25.1 Å². The number of rotatable bonds is 6. The molecule has 0 spiro atoms. The predicted octanol–water partition coefficient (Wildman–Crippen LogP) is 3.57. The van der Waals surface area contributed by atoms with E-state index in [1.54, 1.807) is 0 Å². The summed E-state index contributed by atoms with van der Waals surface area (Å²) in [6.07, 6.45) is 6.86. The number of nitrogens with one attached hydrogen (secondary N) is 1. The molecule has 104 valence electrons. The Bertz CT molecular complexity index is 417. The van der Waals surface area contributed by atoms with Crippen LogP contribution in [-0.4, -0.2) is 19.6 Å². The molecule has 1 N–H and O–H groups in total. The van der Waals surface area contributed by atoms with Crippen molar-refractivity contribution in [2.24, 2.45) is 5.41 Å². The fourth-order valence-electron chi connectivity index (χ4n) is 3.22. The molecule has 2 fully saturated rings. The first-order valence-electron chi connectivity index (χ1n) is 7.87. The largest absolute Gasteiger partial charge is 0.371 e. The molecule has 3 rings (SSSR count). The van der Waals surface area contributed by atoms with Gasteiger partial charge in [-0.05, 0) is 49.1 Å². The highest BCUT2D eigenvalue weighted by Gasteiger charge is 2.39. The van der Waals surface area contributed by atoms with Crippen LogP contribution in [-0.2, 0) is 6.54 Å². The van der Waals surface area contributed by atoms with E-state index in [-0.39, 0.29) is 0 Å². The van der Waals surface area contributed by atoms with E-state index in [0.717, 1.165) is 6.54 Å². The second-order valence-corrected chi connectivity index (χ2v) is 6.28. The standard InChI is InChI=1S/C17H26N2/c1-2-17(9-10-17)14-18-13-15-7-3-4-8-16(15)19-11-5-6-12-19/h3-4,7-8,18H,2,5-6,9-14H2,1H3. The third kappa shape index (κ3) is 2.94. The lowest BCUT2D eigenvalue weighted by atomic mass is 10.0. The van der Waals surface area contributed by atoms with Crippen molar-refractivity contribution in [2.45, 2.75) is 45.6 Å². The van der Waals surface area contributed by atoms with Crippen LogP contribution in [0.2, 0.25) is 0 Å². The summed E-state index contributed by atoms with van der Waals surface area (Å²) in [4.78, 5) is 2.55. The third-order valence-corrected chi connectivity index (χ3v) is 4.96. The van der Waals surface area contributed by atoms with Gasteiger partial charge in [-0.2, -0.15) is 0 Å². The fraction of sp³-hybridized carbons (Fsp3) is 0.647. The zero-order valence-corrected chi connectivity index (χ0v) is 12.1. The smallest absolute Gasteiger partial charge is 0.0411 e.